The highest BCUT2D eigenvalue weighted by Gasteiger charge is 1.99. The minimum atomic E-state index is 0.818. The van der Waals surface area contributed by atoms with Crippen LogP contribution in [0.1, 0.15) is 23.6 Å². The first kappa shape index (κ1) is 11.7. The van der Waals surface area contributed by atoms with Crippen LogP contribution in [-0.2, 0) is 20.0 Å². The van der Waals surface area contributed by atoms with Gasteiger partial charge in [-0.2, -0.15) is 5.10 Å². The zero-order valence-corrected chi connectivity index (χ0v) is 10.7. The quantitative estimate of drug-likeness (QED) is 0.873. The van der Waals surface area contributed by atoms with E-state index in [1.807, 2.05) is 24.1 Å². The van der Waals surface area contributed by atoms with Gasteiger partial charge in [0.2, 0.25) is 0 Å². The molecule has 0 bridgehead atoms. The number of aryl methyl sites for hydroxylation is 3. The zero-order chi connectivity index (χ0) is 12.3. The summed E-state index contributed by atoms with van der Waals surface area (Å²) in [5.74, 6) is 0. The lowest BCUT2D eigenvalue weighted by Gasteiger charge is -2.08. The first-order chi connectivity index (χ1) is 8.19. The van der Waals surface area contributed by atoms with Crippen LogP contribution >= 0.6 is 0 Å². The Morgan fingerprint density at radius 3 is 2.76 bits per heavy atom. The fraction of sp³-hybridized carbons (Fsp3) is 0.357. The van der Waals surface area contributed by atoms with E-state index in [1.165, 1.54) is 22.4 Å². The summed E-state index contributed by atoms with van der Waals surface area (Å²) in [7, 11) is 1.93. The summed E-state index contributed by atoms with van der Waals surface area (Å²) in [6.07, 6.45) is 5.01. The van der Waals surface area contributed by atoms with E-state index in [1.54, 1.807) is 0 Å². The minimum Gasteiger partial charge on any atom is -0.381 e. The molecule has 0 saturated carbocycles. The van der Waals surface area contributed by atoms with Crippen LogP contribution < -0.4 is 5.32 Å². The summed E-state index contributed by atoms with van der Waals surface area (Å²) in [6, 6.07) is 6.54. The first-order valence-electron chi connectivity index (χ1n) is 6.00. The Labute approximate surface area is 102 Å². The third-order valence-corrected chi connectivity index (χ3v) is 2.98. The van der Waals surface area contributed by atoms with Crippen molar-refractivity contribution >= 4 is 5.69 Å². The van der Waals surface area contributed by atoms with Crippen molar-refractivity contribution in [3.05, 3.63) is 47.3 Å². The Bertz CT molecular complexity index is 500. The SMILES string of the molecule is CCc1ccc(NCc2cnn(C)c2)cc1C. The maximum Gasteiger partial charge on any atom is 0.0539 e. The number of benzene rings is 1. The number of aromatic nitrogens is 2. The van der Waals surface area contributed by atoms with Crippen molar-refractivity contribution in [2.75, 3.05) is 5.32 Å². The molecule has 3 heteroatoms. The van der Waals surface area contributed by atoms with Crippen LogP contribution in [0, 0.1) is 6.92 Å². The second-order valence-electron chi connectivity index (χ2n) is 4.37. The molecule has 1 aromatic heterocycles. The number of anilines is 1. The van der Waals surface area contributed by atoms with Gasteiger partial charge in [0, 0.05) is 31.0 Å². The van der Waals surface area contributed by atoms with E-state index in [0.29, 0.717) is 0 Å². The Morgan fingerprint density at radius 1 is 1.35 bits per heavy atom. The molecule has 2 aromatic rings. The maximum atomic E-state index is 4.15. The van der Waals surface area contributed by atoms with Crippen molar-refractivity contribution in [2.24, 2.45) is 7.05 Å². The highest BCUT2D eigenvalue weighted by Crippen LogP contribution is 2.16. The molecule has 0 radical (unpaired) electrons. The van der Waals surface area contributed by atoms with E-state index in [9.17, 15) is 0 Å². The number of nitrogens with one attached hydrogen (secondary N) is 1. The average Bonchev–Trinajstić information content (AvgIpc) is 2.73. The van der Waals surface area contributed by atoms with E-state index in [4.69, 9.17) is 0 Å². The van der Waals surface area contributed by atoms with Crippen LogP contribution in [0.25, 0.3) is 0 Å². The summed E-state index contributed by atoms with van der Waals surface area (Å²) in [5, 5.41) is 7.56. The van der Waals surface area contributed by atoms with Crippen molar-refractivity contribution < 1.29 is 0 Å². The van der Waals surface area contributed by atoms with Crippen LogP contribution in [0.3, 0.4) is 0 Å². The number of rotatable bonds is 4. The summed E-state index contributed by atoms with van der Waals surface area (Å²) in [6.45, 7) is 5.16. The van der Waals surface area contributed by atoms with Crippen molar-refractivity contribution in [3.63, 3.8) is 0 Å². The molecule has 0 aliphatic carbocycles. The topological polar surface area (TPSA) is 29.9 Å². The Kier molecular flexibility index (Phi) is 3.47. The molecule has 17 heavy (non-hydrogen) atoms. The molecule has 0 saturated heterocycles. The van der Waals surface area contributed by atoms with Gasteiger partial charge in [0.05, 0.1) is 6.20 Å². The standard InChI is InChI=1S/C14H19N3/c1-4-13-5-6-14(7-11(13)2)15-8-12-9-16-17(3)10-12/h5-7,9-10,15H,4,8H2,1-3H3. The van der Waals surface area contributed by atoms with Gasteiger partial charge in [-0.15, -0.1) is 0 Å². The summed E-state index contributed by atoms with van der Waals surface area (Å²) >= 11 is 0. The van der Waals surface area contributed by atoms with Gasteiger partial charge < -0.3 is 5.32 Å². The Balaban J connectivity index is 2.02. The van der Waals surface area contributed by atoms with Crippen LogP contribution in [-0.4, -0.2) is 9.78 Å². The van der Waals surface area contributed by atoms with Gasteiger partial charge in [0.25, 0.3) is 0 Å². The third-order valence-electron chi connectivity index (χ3n) is 2.98. The molecule has 0 spiro atoms. The molecule has 1 heterocycles. The van der Waals surface area contributed by atoms with E-state index in [0.717, 1.165) is 13.0 Å². The van der Waals surface area contributed by atoms with Crippen LogP contribution in [0.2, 0.25) is 0 Å². The van der Waals surface area contributed by atoms with E-state index >= 15 is 0 Å². The molecular weight excluding hydrogens is 210 g/mol. The second kappa shape index (κ2) is 5.04. The fourth-order valence-electron chi connectivity index (χ4n) is 1.97. The average molecular weight is 229 g/mol. The predicted octanol–water partition coefficient (Wildman–Crippen LogP) is 2.90. The highest BCUT2D eigenvalue weighted by molar-refractivity contribution is 5.48. The Morgan fingerprint density at radius 2 is 2.18 bits per heavy atom. The first-order valence-corrected chi connectivity index (χ1v) is 6.00. The largest absolute Gasteiger partial charge is 0.381 e. The number of hydrogen-bond acceptors (Lipinski definition) is 2. The van der Waals surface area contributed by atoms with Gasteiger partial charge in [-0.05, 0) is 36.6 Å². The van der Waals surface area contributed by atoms with Gasteiger partial charge in [-0.3, -0.25) is 4.68 Å². The van der Waals surface area contributed by atoms with E-state index in [2.05, 4.69) is 42.5 Å². The maximum absolute atomic E-state index is 4.15. The monoisotopic (exact) mass is 229 g/mol. The molecule has 0 unspecified atom stereocenters. The normalized spacial score (nSPS) is 10.5. The predicted molar refractivity (Wildman–Crippen MR) is 71.1 cm³/mol. The molecular formula is C14H19N3. The van der Waals surface area contributed by atoms with Crippen LogP contribution in [0.5, 0.6) is 0 Å². The molecule has 0 fully saturated rings. The molecule has 1 aromatic carbocycles. The van der Waals surface area contributed by atoms with E-state index in [-0.39, 0.29) is 0 Å². The van der Waals surface area contributed by atoms with Crippen molar-refractivity contribution in [1.82, 2.24) is 9.78 Å². The summed E-state index contributed by atoms with van der Waals surface area (Å²) in [5.41, 5.74) is 5.13. The molecule has 1 N–H and O–H groups in total. The second-order valence-corrected chi connectivity index (χ2v) is 4.37. The van der Waals surface area contributed by atoms with Gasteiger partial charge >= 0.3 is 0 Å². The lowest BCUT2D eigenvalue weighted by Crippen LogP contribution is -1.99. The lowest BCUT2D eigenvalue weighted by molar-refractivity contribution is 0.767. The fourth-order valence-corrected chi connectivity index (χ4v) is 1.97. The molecule has 0 atom stereocenters. The minimum absolute atomic E-state index is 0.818. The van der Waals surface area contributed by atoms with Gasteiger partial charge in [0.1, 0.15) is 0 Å². The molecule has 0 aliphatic rings. The van der Waals surface area contributed by atoms with Crippen LogP contribution in [0.4, 0.5) is 5.69 Å². The molecule has 0 amide bonds. The molecule has 0 aliphatic heterocycles. The molecule has 2 rings (SSSR count). The number of hydrogen-bond donors (Lipinski definition) is 1. The van der Waals surface area contributed by atoms with Crippen molar-refractivity contribution in [1.29, 1.82) is 0 Å². The summed E-state index contributed by atoms with van der Waals surface area (Å²) < 4.78 is 1.82. The Hall–Kier alpha value is -1.77. The third kappa shape index (κ3) is 2.87. The van der Waals surface area contributed by atoms with E-state index < -0.39 is 0 Å². The number of nitrogens with zero attached hydrogens (tertiary/aromatic N) is 2. The van der Waals surface area contributed by atoms with Gasteiger partial charge in [-0.1, -0.05) is 13.0 Å². The van der Waals surface area contributed by atoms with Crippen LogP contribution in [0.15, 0.2) is 30.6 Å². The highest BCUT2D eigenvalue weighted by atomic mass is 15.2. The zero-order valence-electron chi connectivity index (χ0n) is 10.7. The molecule has 90 valence electrons. The summed E-state index contributed by atoms with van der Waals surface area (Å²) in [4.78, 5) is 0. The van der Waals surface area contributed by atoms with Crippen molar-refractivity contribution in [2.45, 2.75) is 26.8 Å². The molecule has 3 nitrogen and oxygen atoms in total. The smallest absolute Gasteiger partial charge is 0.0539 e. The van der Waals surface area contributed by atoms with Gasteiger partial charge in [0.15, 0.2) is 0 Å². The van der Waals surface area contributed by atoms with Gasteiger partial charge in [-0.25, -0.2) is 0 Å². The van der Waals surface area contributed by atoms with Crippen molar-refractivity contribution in [3.8, 4) is 0 Å². The lowest BCUT2D eigenvalue weighted by atomic mass is 10.1.